The van der Waals surface area contributed by atoms with Gasteiger partial charge in [-0.05, 0) is 162 Å². The molecule has 438 valence electrons. The van der Waals surface area contributed by atoms with Gasteiger partial charge < -0.3 is 9.13 Å². The topological polar surface area (TPSA) is 81.0 Å². The molecule has 13 aromatic rings. The summed E-state index contributed by atoms with van der Waals surface area (Å²) in [4.78, 5) is 24.3. The van der Waals surface area contributed by atoms with Gasteiger partial charge in [-0.2, -0.15) is 5.26 Å². The van der Waals surface area contributed by atoms with E-state index in [9.17, 15) is 5.26 Å². The number of rotatable bonds is 8. The molecule has 3 heterocycles. The van der Waals surface area contributed by atoms with Crippen molar-refractivity contribution in [1.82, 2.24) is 24.1 Å². The Morgan fingerprint density at radius 2 is 0.644 bits per heavy atom. The van der Waals surface area contributed by atoms with Gasteiger partial charge in [0.05, 0.1) is 58.2 Å². The number of nitrogens with zero attached hydrogens (tertiary/aromatic N) is 8. The van der Waals surface area contributed by atoms with Gasteiger partial charge in [0.1, 0.15) is 0 Å². The lowest BCUT2D eigenvalue weighted by molar-refractivity contribution is 0.590. The van der Waals surface area contributed by atoms with Crippen LogP contribution < -0.4 is 0 Å². The van der Waals surface area contributed by atoms with Gasteiger partial charge in [-0.15, -0.1) is 0 Å². The fourth-order valence-corrected chi connectivity index (χ4v) is 12.4. The Kier molecular flexibility index (Phi) is 14.2. The van der Waals surface area contributed by atoms with Gasteiger partial charge >= 0.3 is 0 Å². The summed E-state index contributed by atoms with van der Waals surface area (Å²) < 4.78 is 4.77. The van der Waals surface area contributed by atoms with E-state index in [1.54, 1.807) is 0 Å². The van der Waals surface area contributed by atoms with Crippen molar-refractivity contribution in [2.45, 2.75) is 105 Å². The van der Waals surface area contributed by atoms with Crippen LogP contribution in [0.15, 0.2) is 206 Å². The van der Waals surface area contributed by atoms with Crippen LogP contribution in [0, 0.1) is 24.5 Å². The first-order valence-electron chi connectivity index (χ1n) is 30.8. The summed E-state index contributed by atoms with van der Waals surface area (Å²) in [5.74, 6) is 1.45. The van der Waals surface area contributed by atoms with Crippen molar-refractivity contribution in [2.75, 3.05) is 0 Å². The van der Waals surface area contributed by atoms with Crippen molar-refractivity contribution in [2.24, 2.45) is 0 Å². The molecule has 13 rings (SSSR count). The third-order valence-electron chi connectivity index (χ3n) is 17.7. The Morgan fingerprint density at radius 1 is 0.333 bits per heavy atom. The Morgan fingerprint density at radius 3 is 0.978 bits per heavy atom. The van der Waals surface area contributed by atoms with Crippen molar-refractivity contribution in [3.63, 3.8) is 0 Å². The third kappa shape index (κ3) is 10.7. The molecule has 0 amide bonds. The van der Waals surface area contributed by atoms with E-state index in [4.69, 9.17) is 28.1 Å². The molecule has 0 saturated carbocycles. The molecule has 3 aromatic heterocycles. The average molecular weight is 1170 g/mol. The van der Waals surface area contributed by atoms with E-state index in [2.05, 4.69) is 241 Å². The van der Waals surface area contributed by atoms with Crippen molar-refractivity contribution >= 4 is 55.0 Å². The maximum atomic E-state index is 9.86. The summed E-state index contributed by atoms with van der Waals surface area (Å²) in [6.07, 6.45) is 0. The standard InChI is InChI=1S/C82H70N8/c1-79(2,3)58-28-38-70-66(45-58)67-46-59(80(4,5)6)29-39-71(67)89(70)74-43-56(52-22-32-62(84-13)33-23-52)26-36-64(74)77-86-76(54-20-18-51(19-21-54)55-17-15-16-50(42-55)49-83)87-78(88-77)65-37-27-57(53-24-34-63(85-14)35-25-53)44-75(65)90-72-40-30-60(81(7,8)9)47-68(72)69-48-61(82(10,11)12)31-41-73(69)90/h15-48H,1-12H3. The van der Waals surface area contributed by atoms with Gasteiger partial charge in [-0.1, -0.05) is 204 Å². The molecule has 0 spiro atoms. The lowest BCUT2D eigenvalue weighted by Crippen LogP contribution is -2.10. The number of hydrogen-bond donors (Lipinski definition) is 0. The highest BCUT2D eigenvalue weighted by Crippen LogP contribution is 2.45. The zero-order chi connectivity index (χ0) is 63.2. The smallest absolute Gasteiger partial charge is 0.187 e. The molecule has 0 aliphatic carbocycles. The van der Waals surface area contributed by atoms with Crippen LogP contribution in [0.25, 0.3) is 132 Å². The van der Waals surface area contributed by atoms with Crippen LogP contribution in [-0.4, -0.2) is 24.1 Å². The number of nitriles is 1. The summed E-state index contributed by atoms with van der Waals surface area (Å²) in [6, 6.07) is 74.6. The number of benzene rings is 10. The Balaban J connectivity index is 1.13. The molecule has 0 aliphatic heterocycles. The highest BCUT2D eigenvalue weighted by molar-refractivity contribution is 6.12. The summed E-state index contributed by atoms with van der Waals surface area (Å²) in [5, 5.41) is 14.5. The maximum absolute atomic E-state index is 9.86. The normalized spacial score (nSPS) is 12.2. The maximum Gasteiger partial charge on any atom is 0.187 e. The van der Waals surface area contributed by atoms with Crippen molar-refractivity contribution < 1.29 is 0 Å². The predicted molar refractivity (Wildman–Crippen MR) is 373 cm³/mol. The molecule has 90 heavy (non-hydrogen) atoms. The van der Waals surface area contributed by atoms with Crippen LogP contribution in [0.2, 0.25) is 0 Å². The Hall–Kier alpha value is -10.7. The molecular formula is C82H70N8. The second-order valence-electron chi connectivity index (χ2n) is 28.0. The summed E-state index contributed by atoms with van der Waals surface area (Å²) in [5.41, 5.74) is 20.4. The first kappa shape index (κ1) is 58.3. The minimum atomic E-state index is -0.104. The Labute approximate surface area is 528 Å². The quantitative estimate of drug-likeness (QED) is 0.142. The minimum absolute atomic E-state index is 0.104. The van der Waals surface area contributed by atoms with E-state index >= 15 is 0 Å². The number of fused-ring (bicyclic) bond motifs is 6. The zero-order valence-corrected chi connectivity index (χ0v) is 53.2. The summed E-state index contributed by atoms with van der Waals surface area (Å²) in [7, 11) is 0. The van der Waals surface area contributed by atoms with E-state index in [0.29, 0.717) is 34.4 Å². The first-order valence-corrected chi connectivity index (χ1v) is 30.8. The van der Waals surface area contributed by atoms with E-state index in [1.165, 1.54) is 22.3 Å². The molecule has 0 radical (unpaired) electrons. The number of hydrogen-bond acceptors (Lipinski definition) is 4. The Bertz CT molecular complexity index is 4740. The molecule has 0 N–H and O–H groups in total. The van der Waals surface area contributed by atoms with Crippen LogP contribution in [0.4, 0.5) is 11.4 Å². The van der Waals surface area contributed by atoms with Crippen LogP contribution in [-0.2, 0) is 21.7 Å². The fraction of sp³-hybridized carbons (Fsp3) is 0.195. The minimum Gasteiger partial charge on any atom is -0.308 e. The van der Waals surface area contributed by atoms with Crippen LogP contribution >= 0.6 is 0 Å². The van der Waals surface area contributed by atoms with Crippen LogP contribution in [0.1, 0.15) is 111 Å². The fourth-order valence-electron chi connectivity index (χ4n) is 12.4. The molecule has 0 unspecified atom stereocenters. The molecule has 0 aliphatic rings. The highest BCUT2D eigenvalue weighted by atomic mass is 15.1. The first-order chi connectivity index (χ1) is 42.9. The van der Waals surface area contributed by atoms with Gasteiger partial charge in [0.15, 0.2) is 28.8 Å². The van der Waals surface area contributed by atoms with E-state index in [0.717, 1.165) is 105 Å². The molecule has 0 fully saturated rings. The largest absolute Gasteiger partial charge is 0.308 e. The van der Waals surface area contributed by atoms with Gasteiger partial charge in [0, 0.05) is 38.2 Å². The lowest BCUT2D eigenvalue weighted by Gasteiger charge is -2.20. The molecular weight excluding hydrogens is 1100 g/mol. The lowest BCUT2D eigenvalue weighted by atomic mass is 9.85. The predicted octanol–water partition coefficient (Wildman–Crippen LogP) is 22.2. The van der Waals surface area contributed by atoms with Crippen LogP contribution in [0.5, 0.6) is 0 Å². The summed E-state index contributed by atoms with van der Waals surface area (Å²) >= 11 is 0. The monoisotopic (exact) mass is 1170 g/mol. The van der Waals surface area contributed by atoms with Crippen molar-refractivity contribution in [3.05, 3.63) is 257 Å². The van der Waals surface area contributed by atoms with Crippen molar-refractivity contribution in [1.29, 1.82) is 5.26 Å². The van der Waals surface area contributed by atoms with Gasteiger partial charge in [-0.25, -0.2) is 24.6 Å². The molecule has 0 saturated heterocycles. The third-order valence-corrected chi connectivity index (χ3v) is 17.7. The molecule has 8 nitrogen and oxygen atoms in total. The zero-order valence-electron chi connectivity index (χ0n) is 53.2. The highest BCUT2D eigenvalue weighted by Gasteiger charge is 2.27. The van der Waals surface area contributed by atoms with Gasteiger partial charge in [0.25, 0.3) is 0 Å². The van der Waals surface area contributed by atoms with Gasteiger partial charge in [-0.3, -0.25) is 0 Å². The SMILES string of the molecule is [C-]#[N+]c1ccc(-c2ccc(-c3nc(-c4ccc(-c5cccc(C#N)c5)cc4)nc(-c4ccc(-c5ccc([N+]#[C-])cc5)cc4-n4c5ccc(C(C)(C)C)cc5c5cc(C(C)(C)C)ccc54)n3)c(-n3c4ccc(C(C)(C)C)cc4c4cc(C(C)(C)C)ccc43)c2)cc1. The molecule has 8 heteroatoms. The molecule has 0 atom stereocenters. The second kappa shape index (κ2) is 21.8. The van der Waals surface area contributed by atoms with E-state index < -0.39 is 0 Å². The summed E-state index contributed by atoms with van der Waals surface area (Å²) in [6.45, 7) is 42.8. The van der Waals surface area contributed by atoms with E-state index in [1.807, 2.05) is 72.8 Å². The molecule has 0 bridgehead atoms. The average Bonchev–Trinajstić information content (AvgIpc) is 1.56. The van der Waals surface area contributed by atoms with Crippen molar-refractivity contribution in [3.8, 4) is 85.0 Å². The number of aromatic nitrogens is 5. The van der Waals surface area contributed by atoms with Crippen LogP contribution in [0.3, 0.4) is 0 Å². The molecule has 10 aromatic carbocycles. The van der Waals surface area contributed by atoms with E-state index in [-0.39, 0.29) is 21.7 Å². The second-order valence-corrected chi connectivity index (χ2v) is 28.0. The van der Waals surface area contributed by atoms with Gasteiger partial charge in [0.2, 0.25) is 0 Å².